The molecular weight excluding hydrogens is 350 g/mol. The molecule has 3 amide bonds. The first-order valence-electron chi connectivity index (χ1n) is 9.04. The molecule has 140 valence electrons. The number of nitrogens with zero attached hydrogens (tertiary/aromatic N) is 5. The van der Waals surface area contributed by atoms with Gasteiger partial charge in [-0.1, -0.05) is 0 Å². The molecule has 1 saturated carbocycles. The van der Waals surface area contributed by atoms with Crippen molar-refractivity contribution < 1.29 is 9.59 Å². The minimum atomic E-state index is -0.537. The average molecular weight is 369 g/mol. The van der Waals surface area contributed by atoms with Crippen LogP contribution in [0.1, 0.15) is 31.2 Å². The molecule has 5 rings (SSSR count). The Morgan fingerprint density at radius 1 is 1.15 bits per heavy atom. The van der Waals surface area contributed by atoms with Crippen molar-refractivity contribution in [2.75, 3.05) is 23.8 Å². The Hall–Kier alpha value is -3.21. The van der Waals surface area contributed by atoms with E-state index in [4.69, 9.17) is 0 Å². The van der Waals surface area contributed by atoms with Gasteiger partial charge >= 0.3 is 6.03 Å². The Labute approximate surface area is 154 Å². The quantitative estimate of drug-likeness (QED) is 0.438. The second-order valence-corrected chi connectivity index (χ2v) is 6.90. The Morgan fingerprint density at radius 2 is 1.96 bits per heavy atom. The second-order valence-electron chi connectivity index (χ2n) is 6.90. The van der Waals surface area contributed by atoms with Gasteiger partial charge in [-0.2, -0.15) is 19.6 Å². The van der Waals surface area contributed by atoms with Crippen LogP contribution in [0.4, 0.5) is 16.7 Å². The lowest BCUT2D eigenvalue weighted by Crippen LogP contribution is -2.28. The topological polar surface area (TPSA) is 129 Å². The van der Waals surface area contributed by atoms with Crippen LogP contribution in [0, 0.1) is 0 Å². The third-order valence-electron chi connectivity index (χ3n) is 4.69. The average Bonchev–Trinajstić information content (AvgIpc) is 3.01. The van der Waals surface area contributed by atoms with Crippen LogP contribution >= 0.6 is 0 Å². The normalized spacial score (nSPS) is 21.7. The molecule has 0 bridgehead atoms. The third-order valence-corrected chi connectivity index (χ3v) is 4.69. The number of hydrogen-bond acceptors (Lipinski definition) is 8. The van der Waals surface area contributed by atoms with E-state index in [2.05, 4.69) is 41.5 Å². The number of urea groups is 1. The van der Waals surface area contributed by atoms with Crippen LogP contribution in [-0.4, -0.2) is 55.7 Å². The van der Waals surface area contributed by atoms with Crippen LogP contribution in [0.25, 0.3) is 11.7 Å². The number of carbonyl (C=O) groups excluding carboxylic acids is 2. The summed E-state index contributed by atoms with van der Waals surface area (Å²) < 4.78 is 1.62. The molecule has 4 N–H and O–H groups in total. The van der Waals surface area contributed by atoms with Crippen LogP contribution in [0.3, 0.4) is 0 Å². The molecule has 11 nitrogen and oxygen atoms in total. The van der Waals surface area contributed by atoms with Gasteiger partial charge in [0.1, 0.15) is 5.70 Å². The molecule has 0 radical (unpaired) electrons. The van der Waals surface area contributed by atoms with E-state index in [0.29, 0.717) is 29.1 Å². The largest absolute Gasteiger partial charge is 0.351 e. The van der Waals surface area contributed by atoms with E-state index in [1.807, 2.05) is 0 Å². The zero-order valence-electron chi connectivity index (χ0n) is 14.5. The second kappa shape index (κ2) is 6.20. The van der Waals surface area contributed by atoms with Crippen molar-refractivity contribution in [2.24, 2.45) is 0 Å². The first-order chi connectivity index (χ1) is 13.2. The molecule has 3 fully saturated rings. The highest BCUT2D eigenvalue weighted by atomic mass is 16.2. The van der Waals surface area contributed by atoms with Crippen LogP contribution < -0.4 is 21.4 Å². The number of carbonyl (C=O) groups is 2. The summed E-state index contributed by atoms with van der Waals surface area (Å²) in [6, 6.07) is -0.140. The van der Waals surface area contributed by atoms with Gasteiger partial charge in [0.2, 0.25) is 11.9 Å². The van der Waals surface area contributed by atoms with Crippen molar-refractivity contribution in [2.45, 2.75) is 31.7 Å². The molecule has 2 saturated heterocycles. The van der Waals surface area contributed by atoms with Crippen molar-refractivity contribution >= 4 is 35.6 Å². The Kier molecular flexibility index (Phi) is 3.67. The van der Waals surface area contributed by atoms with E-state index in [-0.39, 0.29) is 5.70 Å². The highest BCUT2D eigenvalue weighted by Gasteiger charge is 2.26. The van der Waals surface area contributed by atoms with Crippen LogP contribution in [0.2, 0.25) is 0 Å². The number of fused-ring (bicyclic) bond motifs is 1. The summed E-state index contributed by atoms with van der Waals surface area (Å²) in [5.74, 6) is 0.613. The third kappa shape index (κ3) is 3.16. The molecule has 0 atom stereocenters. The molecule has 3 aliphatic rings. The molecule has 2 aromatic heterocycles. The van der Waals surface area contributed by atoms with Gasteiger partial charge in [0.25, 0.3) is 5.91 Å². The van der Waals surface area contributed by atoms with E-state index in [0.717, 1.165) is 38.8 Å². The van der Waals surface area contributed by atoms with Gasteiger partial charge in [-0.25, -0.2) is 9.80 Å². The predicted molar refractivity (Wildman–Crippen MR) is 96.5 cm³/mol. The van der Waals surface area contributed by atoms with E-state index >= 15 is 0 Å². The maximum atomic E-state index is 11.8. The minimum absolute atomic E-state index is 0.166. The van der Waals surface area contributed by atoms with Crippen LogP contribution in [0.5, 0.6) is 0 Å². The van der Waals surface area contributed by atoms with Crippen molar-refractivity contribution in [1.82, 2.24) is 35.2 Å². The smallest absolute Gasteiger partial charge is 0.326 e. The fourth-order valence-corrected chi connectivity index (χ4v) is 3.16. The fraction of sp³-hybridized carbons (Fsp3) is 0.438. The van der Waals surface area contributed by atoms with Gasteiger partial charge in [0.15, 0.2) is 5.65 Å². The van der Waals surface area contributed by atoms with E-state index in [1.54, 1.807) is 16.8 Å². The molecule has 0 aromatic carbocycles. The first-order valence-corrected chi connectivity index (χ1v) is 9.04. The number of imide groups is 1. The van der Waals surface area contributed by atoms with Crippen molar-refractivity contribution in [1.29, 1.82) is 0 Å². The van der Waals surface area contributed by atoms with E-state index in [9.17, 15) is 9.59 Å². The lowest BCUT2D eigenvalue weighted by molar-refractivity contribution is -0.115. The van der Waals surface area contributed by atoms with Gasteiger partial charge in [0.05, 0.1) is 6.20 Å². The molecule has 2 aliphatic heterocycles. The summed E-state index contributed by atoms with van der Waals surface area (Å²) in [5.41, 5.74) is 4.59. The highest BCUT2D eigenvalue weighted by Crippen LogP contribution is 2.26. The number of amides is 3. The van der Waals surface area contributed by atoms with Crippen LogP contribution in [0.15, 0.2) is 11.9 Å². The van der Waals surface area contributed by atoms with Gasteiger partial charge in [-0.05, 0) is 31.8 Å². The van der Waals surface area contributed by atoms with Crippen LogP contribution in [-0.2, 0) is 4.79 Å². The SMILES string of the molecule is O=C1NC(=O)/C(=C/c2cnn3c(NC4CC4)nc(NN4CCCC4)nc23)N1. The van der Waals surface area contributed by atoms with E-state index in [1.165, 1.54) is 0 Å². The Balaban J connectivity index is 1.54. The van der Waals surface area contributed by atoms with Crippen molar-refractivity contribution in [3.63, 3.8) is 0 Å². The summed E-state index contributed by atoms with van der Waals surface area (Å²) in [5, 5.41) is 14.5. The molecule has 0 spiro atoms. The molecule has 11 heteroatoms. The molecule has 2 aromatic rings. The zero-order chi connectivity index (χ0) is 18.4. The monoisotopic (exact) mass is 369 g/mol. The van der Waals surface area contributed by atoms with Gasteiger partial charge in [-0.3, -0.25) is 15.5 Å². The maximum Gasteiger partial charge on any atom is 0.326 e. The summed E-state index contributed by atoms with van der Waals surface area (Å²) in [6.45, 7) is 1.89. The van der Waals surface area contributed by atoms with Crippen molar-refractivity contribution in [3.8, 4) is 0 Å². The van der Waals surface area contributed by atoms with Gasteiger partial charge in [-0.15, -0.1) is 0 Å². The summed E-state index contributed by atoms with van der Waals surface area (Å²) in [7, 11) is 0. The Bertz CT molecular complexity index is 956. The predicted octanol–water partition coefficient (Wildman–Crippen LogP) is 0.302. The fourth-order valence-electron chi connectivity index (χ4n) is 3.16. The first kappa shape index (κ1) is 16.0. The standard InChI is InChI=1S/C16H19N9O2/c26-13-11(19-16(27)21-13)7-9-8-17-25-12(9)20-14(23-24-5-1-2-6-24)22-15(25)18-10-3-4-10/h7-8,10H,1-6H2,(H2,18,20,22,23)(H2,19,21,26,27)/b11-7-. The highest BCUT2D eigenvalue weighted by molar-refractivity contribution is 6.14. The minimum Gasteiger partial charge on any atom is -0.351 e. The number of hydrogen-bond donors (Lipinski definition) is 4. The summed E-state index contributed by atoms with van der Waals surface area (Å²) in [4.78, 5) is 32.3. The van der Waals surface area contributed by atoms with Gasteiger partial charge in [0, 0.05) is 24.7 Å². The number of aromatic nitrogens is 4. The number of hydrazine groups is 1. The molecule has 0 unspecified atom stereocenters. The molecule has 1 aliphatic carbocycles. The van der Waals surface area contributed by atoms with Crippen molar-refractivity contribution in [3.05, 3.63) is 17.5 Å². The molecular formula is C16H19N9O2. The van der Waals surface area contributed by atoms with Gasteiger partial charge < -0.3 is 10.6 Å². The number of nitrogens with one attached hydrogen (secondary N) is 4. The summed E-state index contributed by atoms with van der Waals surface area (Å²) in [6.07, 6.45) is 7.65. The zero-order valence-corrected chi connectivity index (χ0v) is 14.5. The lowest BCUT2D eigenvalue weighted by atomic mass is 10.2. The number of anilines is 2. The summed E-state index contributed by atoms with van der Waals surface area (Å²) >= 11 is 0. The Morgan fingerprint density at radius 3 is 2.67 bits per heavy atom. The maximum absolute atomic E-state index is 11.8. The lowest BCUT2D eigenvalue weighted by Gasteiger charge is -2.17. The van der Waals surface area contributed by atoms with E-state index < -0.39 is 11.9 Å². The number of rotatable bonds is 5. The molecule has 27 heavy (non-hydrogen) atoms. The molecule has 4 heterocycles.